The molecule has 0 aromatic heterocycles. The molecule has 44 heavy (non-hydrogen) atoms. The number of aliphatic hydroxyl groups is 1. The van der Waals surface area contributed by atoms with E-state index in [1.807, 2.05) is 12.1 Å². The summed E-state index contributed by atoms with van der Waals surface area (Å²) in [5, 5.41) is 39.5. The van der Waals surface area contributed by atoms with Gasteiger partial charge in [-0.2, -0.15) is 13.2 Å². The molecule has 1 aromatic rings. The van der Waals surface area contributed by atoms with Gasteiger partial charge in [-0.3, -0.25) is 25.2 Å². The number of guanidine groups is 1. The van der Waals surface area contributed by atoms with Crippen molar-refractivity contribution >= 4 is 35.5 Å². The number of nitrogens with two attached hydrogens (primary N) is 3. The number of primary amides is 1. The molecule has 17 heteroatoms. The Morgan fingerprint density at radius 2 is 1.48 bits per heavy atom. The summed E-state index contributed by atoms with van der Waals surface area (Å²) in [6.07, 6.45) is 0.956. The Morgan fingerprint density at radius 3 is 1.93 bits per heavy atom. The molecule has 14 nitrogen and oxygen atoms in total. The molecule has 0 saturated heterocycles. The van der Waals surface area contributed by atoms with Crippen LogP contribution in [0.2, 0.25) is 0 Å². The van der Waals surface area contributed by atoms with E-state index in [4.69, 9.17) is 37.9 Å². The van der Waals surface area contributed by atoms with E-state index in [2.05, 4.69) is 16.0 Å². The first-order valence-electron chi connectivity index (χ1n) is 13.9. The summed E-state index contributed by atoms with van der Waals surface area (Å²) >= 11 is 0. The van der Waals surface area contributed by atoms with Crippen molar-refractivity contribution in [3.8, 4) is 0 Å². The molecule has 1 saturated carbocycles. The van der Waals surface area contributed by atoms with Crippen molar-refractivity contribution in [3.63, 3.8) is 0 Å². The number of alkyl halides is 3. The molecule has 246 valence electrons. The highest BCUT2D eigenvalue weighted by atomic mass is 19.4. The fraction of sp³-hybridized carbons (Fsp3) is 0.556. The van der Waals surface area contributed by atoms with Crippen LogP contribution >= 0.6 is 0 Å². The molecule has 0 aliphatic heterocycles. The first-order valence-corrected chi connectivity index (χ1v) is 13.9. The van der Waals surface area contributed by atoms with Crippen molar-refractivity contribution < 1.29 is 42.6 Å². The minimum absolute atomic E-state index is 0.0331. The average molecular weight is 631 g/mol. The largest absolute Gasteiger partial charge is 0.490 e. The van der Waals surface area contributed by atoms with Gasteiger partial charge in [-0.05, 0) is 43.6 Å². The summed E-state index contributed by atoms with van der Waals surface area (Å²) < 4.78 is 31.7. The highest BCUT2D eigenvalue weighted by Crippen LogP contribution is 2.32. The molecule has 3 atom stereocenters. The van der Waals surface area contributed by atoms with Crippen molar-refractivity contribution in [2.45, 2.75) is 69.6 Å². The molecule has 0 heterocycles. The Balaban J connectivity index is 0.00000123. The third-order valence-corrected chi connectivity index (χ3v) is 6.98. The third kappa shape index (κ3) is 13.7. The number of nitrogen functional groups attached to an aromatic ring is 1. The smallest absolute Gasteiger partial charge is 0.475 e. The van der Waals surface area contributed by atoms with Gasteiger partial charge in [0.15, 0.2) is 5.96 Å². The molecular weight excluding hydrogens is 589 g/mol. The van der Waals surface area contributed by atoms with Crippen molar-refractivity contribution in [1.29, 1.82) is 10.8 Å². The molecule has 1 fully saturated rings. The number of rotatable bonds is 14. The van der Waals surface area contributed by atoms with Crippen LogP contribution in [0.25, 0.3) is 0 Å². The zero-order valence-corrected chi connectivity index (χ0v) is 24.1. The van der Waals surface area contributed by atoms with Gasteiger partial charge in [0.1, 0.15) is 17.9 Å². The van der Waals surface area contributed by atoms with Crippen LogP contribution in [0.1, 0.15) is 56.1 Å². The lowest BCUT2D eigenvalue weighted by Crippen LogP contribution is -2.55. The Kier molecular flexibility index (Phi) is 15.6. The van der Waals surface area contributed by atoms with Crippen LogP contribution < -0.4 is 33.2 Å². The lowest BCUT2D eigenvalue weighted by Gasteiger charge is -2.31. The van der Waals surface area contributed by atoms with Gasteiger partial charge in [-0.1, -0.05) is 43.5 Å². The number of aliphatic hydroxyl groups excluding tert-OH is 1. The van der Waals surface area contributed by atoms with E-state index in [1.165, 1.54) is 0 Å². The number of aliphatic carboxylic acids is 1. The number of carbonyl (C=O) groups excluding carboxylic acids is 3. The van der Waals surface area contributed by atoms with Crippen LogP contribution in [-0.2, 0) is 25.6 Å². The fourth-order valence-electron chi connectivity index (χ4n) is 4.64. The number of carbonyl (C=O) groups is 4. The number of nitrogens with one attached hydrogen (secondary N) is 5. The lowest BCUT2D eigenvalue weighted by molar-refractivity contribution is -0.192. The summed E-state index contributed by atoms with van der Waals surface area (Å²) in [6, 6.07) is 4.93. The van der Waals surface area contributed by atoms with E-state index in [9.17, 15) is 32.7 Å². The van der Waals surface area contributed by atoms with E-state index < -0.39 is 48.6 Å². The van der Waals surface area contributed by atoms with Crippen LogP contribution in [0, 0.1) is 22.7 Å². The van der Waals surface area contributed by atoms with E-state index >= 15 is 0 Å². The predicted octanol–water partition coefficient (Wildman–Crippen LogP) is 0.0534. The molecule has 0 bridgehead atoms. The maximum atomic E-state index is 13.4. The third-order valence-electron chi connectivity index (χ3n) is 6.98. The Labute approximate surface area is 252 Å². The zero-order valence-electron chi connectivity index (χ0n) is 24.1. The van der Waals surface area contributed by atoms with E-state index in [-0.39, 0.29) is 30.0 Å². The number of amidine groups is 1. The Bertz CT molecular complexity index is 1140. The fourth-order valence-corrected chi connectivity index (χ4v) is 4.64. The number of carboxylic acids is 1. The summed E-state index contributed by atoms with van der Waals surface area (Å²) in [6.45, 7) is -0.314. The molecule has 2 rings (SSSR count). The van der Waals surface area contributed by atoms with Gasteiger partial charge >= 0.3 is 12.1 Å². The van der Waals surface area contributed by atoms with E-state index in [1.54, 1.807) is 12.1 Å². The summed E-state index contributed by atoms with van der Waals surface area (Å²) in [4.78, 5) is 47.0. The highest BCUT2D eigenvalue weighted by Gasteiger charge is 2.38. The molecule has 0 spiro atoms. The quantitative estimate of drug-likeness (QED) is 0.0755. The topological polar surface area (TPSA) is 271 Å². The average Bonchev–Trinajstić information content (AvgIpc) is 2.96. The molecule has 1 aliphatic rings. The van der Waals surface area contributed by atoms with Gasteiger partial charge in [0, 0.05) is 18.0 Å². The first kappa shape index (κ1) is 37.6. The molecule has 1 aliphatic carbocycles. The predicted molar refractivity (Wildman–Crippen MR) is 154 cm³/mol. The van der Waals surface area contributed by atoms with Gasteiger partial charge in [0.25, 0.3) is 0 Å². The van der Waals surface area contributed by atoms with Crippen LogP contribution in [0.4, 0.5) is 13.2 Å². The van der Waals surface area contributed by atoms with Crippen molar-refractivity contribution in [2.24, 2.45) is 29.0 Å². The molecular formula is C27H41F3N8O6. The van der Waals surface area contributed by atoms with Crippen LogP contribution in [0.3, 0.4) is 0 Å². The van der Waals surface area contributed by atoms with Gasteiger partial charge in [0.2, 0.25) is 17.7 Å². The van der Waals surface area contributed by atoms with Crippen LogP contribution in [0.5, 0.6) is 0 Å². The van der Waals surface area contributed by atoms with Gasteiger partial charge in [-0.25, -0.2) is 4.79 Å². The second-order valence-corrected chi connectivity index (χ2v) is 10.3. The highest BCUT2D eigenvalue weighted by molar-refractivity contribution is 5.95. The second-order valence-electron chi connectivity index (χ2n) is 10.3. The van der Waals surface area contributed by atoms with E-state index in [0.29, 0.717) is 24.9 Å². The molecule has 3 amide bonds. The number of hydrogen-bond donors (Lipinski definition) is 10. The van der Waals surface area contributed by atoms with Crippen molar-refractivity contribution in [3.05, 3.63) is 35.4 Å². The second kappa shape index (κ2) is 18.3. The Morgan fingerprint density at radius 1 is 0.932 bits per heavy atom. The maximum absolute atomic E-state index is 13.4. The number of carboxylic acid groups (broad SMARTS) is 1. The summed E-state index contributed by atoms with van der Waals surface area (Å²) in [5.41, 5.74) is 17.7. The minimum Gasteiger partial charge on any atom is -0.475 e. The van der Waals surface area contributed by atoms with Crippen molar-refractivity contribution in [1.82, 2.24) is 16.0 Å². The number of amides is 3. The van der Waals surface area contributed by atoms with E-state index in [0.717, 1.165) is 37.7 Å². The van der Waals surface area contributed by atoms with Gasteiger partial charge in [0.05, 0.1) is 6.61 Å². The van der Waals surface area contributed by atoms with Crippen LogP contribution in [0.15, 0.2) is 24.3 Å². The zero-order chi connectivity index (χ0) is 33.4. The summed E-state index contributed by atoms with van der Waals surface area (Å²) in [5.74, 6) is -5.05. The first-order chi connectivity index (χ1) is 20.6. The SMILES string of the molecule is N=C(N)NCCCC(NC(=O)[C@H](CO)NC(=O)[C@@H](Cc1ccc(C(=N)N)cc1)C1CCCCC1)C(N)=O.O=C(O)C(F)(F)F. The van der Waals surface area contributed by atoms with Gasteiger partial charge in [-0.15, -0.1) is 0 Å². The standard InChI is InChI=1S/C25H40N8O4.C2HF3O2/c26-21(27)17-10-8-15(9-11-17)13-18(16-5-2-1-3-6-16)23(36)33-20(14-34)24(37)32-19(22(28)35)7-4-12-31-25(29)30;3-2(4,5)1(6)7/h8-11,16,18-20,34H,1-7,12-14H2,(H3,26,27)(H2,28,35)(H,32,37)(H,33,36)(H4,29,30,31);(H,6,7)/t18-,19?,20-;/m0./s1. The number of benzene rings is 1. The van der Waals surface area contributed by atoms with Crippen LogP contribution in [-0.4, -0.2) is 77.1 Å². The lowest BCUT2D eigenvalue weighted by atomic mass is 9.76. The molecule has 13 N–H and O–H groups in total. The normalized spacial score (nSPS) is 15.4. The monoisotopic (exact) mass is 630 g/mol. The molecule has 0 radical (unpaired) electrons. The van der Waals surface area contributed by atoms with Gasteiger partial charge < -0.3 is 43.4 Å². The maximum Gasteiger partial charge on any atom is 0.490 e. The summed E-state index contributed by atoms with van der Waals surface area (Å²) in [7, 11) is 0. The molecule has 1 unspecified atom stereocenters. The molecule has 1 aromatic carbocycles. The minimum atomic E-state index is -5.08. The number of hydrogen-bond acceptors (Lipinski definition) is 7. The van der Waals surface area contributed by atoms with Crippen molar-refractivity contribution in [2.75, 3.05) is 13.2 Å². The Hall–Kier alpha value is -4.41. The number of halogens is 3.